The van der Waals surface area contributed by atoms with Crippen LogP contribution in [0.5, 0.6) is 0 Å². The van der Waals surface area contributed by atoms with E-state index >= 15 is 0 Å². The molecule has 0 saturated carbocycles. The topological polar surface area (TPSA) is 63.7 Å². The largest absolute Gasteiger partial charge is 0.467 e. The fourth-order valence-electron chi connectivity index (χ4n) is 2.57. The van der Waals surface area contributed by atoms with E-state index in [0.717, 1.165) is 4.47 Å². The van der Waals surface area contributed by atoms with Gasteiger partial charge in [0.25, 0.3) is 0 Å². The average molecular weight is 416 g/mol. The molecule has 0 saturated heterocycles. The van der Waals surface area contributed by atoms with Gasteiger partial charge >= 0.3 is 0 Å². The number of furan rings is 2. The molecule has 1 aromatic carbocycles. The number of amides is 1. The summed E-state index contributed by atoms with van der Waals surface area (Å²) in [6, 6.07) is 14.3. The normalized spacial score (nSPS) is 10.7. The van der Waals surface area contributed by atoms with E-state index in [1.807, 2.05) is 24.3 Å². The maximum absolute atomic E-state index is 12.7. The van der Waals surface area contributed by atoms with Crippen LogP contribution in [-0.4, -0.2) is 16.6 Å². The number of rotatable bonds is 8. The van der Waals surface area contributed by atoms with Crippen LogP contribution in [0.15, 0.2) is 74.4 Å². The Hall–Kier alpha value is -2.60. The molecule has 0 aliphatic rings. The number of hydrogen-bond acceptors (Lipinski definition) is 4. The number of Topliss-reactive ketones (excluding diaryl/α,β-unsaturated/α-hetero) is 1. The van der Waals surface area contributed by atoms with E-state index in [9.17, 15) is 9.59 Å². The Kier molecular flexibility index (Phi) is 6.07. The van der Waals surface area contributed by atoms with Gasteiger partial charge in [0.15, 0.2) is 5.78 Å². The second kappa shape index (κ2) is 8.67. The minimum atomic E-state index is -0.122. The maximum Gasteiger partial charge on any atom is 0.223 e. The third-order valence-electron chi connectivity index (χ3n) is 3.94. The molecule has 0 aliphatic carbocycles. The lowest BCUT2D eigenvalue weighted by Gasteiger charge is -2.20. The van der Waals surface area contributed by atoms with Gasteiger partial charge in [-0.05, 0) is 36.4 Å². The van der Waals surface area contributed by atoms with Crippen molar-refractivity contribution in [2.45, 2.75) is 25.9 Å². The van der Waals surface area contributed by atoms with Gasteiger partial charge in [-0.2, -0.15) is 0 Å². The molecule has 134 valence electrons. The van der Waals surface area contributed by atoms with Crippen LogP contribution in [0.1, 0.15) is 34.7 Å². The first kappa shape index (κ1) is 18.2. The molecular weight excluding hydrogens is 398 g/mol. The predicted molar refractivity (Wildman–Crippen MR) is 99.4 cm³/mol. The van der Waals surface area contributed by atoms with E-state index < -0.39 is 0 Å². The SMILES string of the molecule is O=C(CCC(=O)N(Cc1ccco1)Cc1ccco1)c1ccc(Br)cc1. The van der Waals surface area contributed by atoms with Gasteiger partial charge in [-0.3, -0.25) is 9.59 Å². The van der Waals surface area contributed by atoms with Crippen molar-refractivity contribution in [1.82, 2.24) is 4.90 Å². The van der Waals surface area contributed by atoms with Crippen LogP contribution in [-0.2, 0) is 17.9 Å². The molecule has 1 amide bonds. The molecule has 26 heavy (non-hydrogen) atoms. The monoisotopic (exact) mass is 415 g/mol. The van der Waals surface area contributed by atoms with Crippen molar-refractivity contribution < 1.29 is 18.4 Å². The summed E-state index contributed by atoms with van der Waals surface area (Å²) < 4.78 is 11.6. The van der Waals surface area contributed by atoms with Gasteiger partial charge in [-0.1, -0.05) is 28.1 Å². The molecule has 2 aromatic heterocycles. The van der Waals surface area contributed by atoms with E-state index in [4.69, 9.17) is 8.83 Å². The first-order chi connectivity index (χ1) is 12.6. The van der Waals surface area contributed by atoms with Gasteiger partial charge in [0.05, 0.1) is 25.6 Å². The van der Waals surface area contributed by atoms with Crippen molar-refractivity contribution in [2.24, 2.45) is 0 Å². The summed E-state index contributed by atoms with van der Waals surface area (Å²) in [6.07, 6.45) is 3.44. The van der Waals surface area contributed by atoms with Crippen molar-refractivity contribution in [1.29, 1.82) is 0 Å². The summed E-state index contributed by atoms with van der Waals surface area (Å²) in [5.74, 6) is 1.19. The molecule has 3 rings (SSSR count). The van der Waals surface area contributed by atoms with Crippen molar-refractivity contribution >= 4 is 27.6 Å². The zero-order chi connectivity index (χ0) is 18.4. The van der Waals surface area contributed by atoms with E-state index in [1.54, 1.807) is 41.7 Å². The maximum atomic E-state index is 12.7. The smallest absolute Gasteiger partial charge is 0.223 e. The molecular formula is C20H18BrNO4. The fraction of sp³-hybridized carbons (Fsp3) is 0.200. The van der Waals surface area contributed by atoms with Crippen molar-refractivity contribution in [2.75, 3.05) is 0 Å². The van der Waals surface area contributed by atoms with Gasteiger partial charge in [0, 0.05) is 22.9 Å². The molecule has 0 spiro atoms. The van der Waals surface area contributed by atoms with Crippen LogP contribution in [0.4, 0.5) is 0 Å². The Balaban J connectivity index is 1.62. The van der Waals surface area contributed by atoms with Crippen LogP contribution in [0.2, 0.25) is 0 Å². The predicted octanol–water partition coefficient (Wildman–Crippen LogP) is 4.83. The first-order valence-corrected chi connectivity index (χ1v) is 9.02. The van der Waals surface area contributed by atoms with E-state index in [0.29, 0.717) is 30.2 Å². The molecule has 0 bridgehead atoms. The Bertz CT molecular complexity index is 802. The van der Waals surface area contributed by atoms with Gasteiger partial charge in [-0.15, -0.1) is 0 Å². The zero-order valence-corrected chi connectivity index (χ0v) is 15.6. The van der Waals surface area contributed by atoms with Crippen LogP contribution in [0.3, 0.4) is 0 Å². The van der Waals surface area contributed by atoms with E-state index in [1.165, 1.54) is 0 Å². The molecule has 0 atom stereocenters. The number of benzene rings is 1. The molecule has 5 nitrogen and oxygen atoms in total. The minimum absolute atomic E-state index is 0.0539. The van der Waals surface area contributed by atoms with E-state index in [2.05, 4.69) is 15.9 Å². The molecule has 3 aromatic rings. The Morgan fingerprint density at radius 2 is 1.42 bits per heavy atom. The highest BCUT2D eigenvalue weighted by molar-refractivity contribution is 9.10. The first-order valence-electron chi connectivity index (χ1n) is 8.23. The highest BCUT2D eigenvalue weighted by Gasteiger charge is 2.18. The van der Waals surface area contributed by atoms with Crippen molar-refractivity contribution in [3.8, 4) is 0 Å². The third kappa shape index (κ3) is 4.95. The summed E-state index contributed by atoms with van der Waals surface area (Å²) >= 11 is 3.34. The second-order valence-corrected chi connectivity index (χ2v) is 6.75. The van der Waals surface area contributed by atoms with Crippen LogP contribution in [0, 0.1) is 0 Å². The average Bonchev–Trinajstić information content (AvgIpc) is 3.33. The van der Waals surface area contributed by atoms with Gasteiger partial charge in [0.2, 0.25) is 5.91 Å². The lowest BCUT2D eigenvalue weighted by atomic mass is 10.1. The number of halogens is 1. The molecule has 0 radical (unpaired) electrons. The van der Waals surface area contributed by atoms with Crippen LogP contribution >= 0.6 is 15.9 Å². The molecule has 0 N–H and O–H groups in total. The second-order valence-electron chi connectivity index (χ2n) is 5.84. The highest BCUT2D eigenvalue weighted by atomic mass is 79.9. The summed E-state index contributed by atoms with van der Waals surface area (Å²) in [6.45, 7) is 0.665. The van der Waals surface area contributed by atoms with Crippen molar-refractivity contribution in [3.63, 3.8) is 0 Å². The Morgan fingerprint density at radius 1 is 0.846 bits per heavy atom. The molecule has 0 fully saturated rings. The van der Waals surface area contributed by atoms with Crippen LogP contribution in [0.25, 0.3) is 0 Å². The lowest BCUT2D eigenvalue weighted by Crippen LogP contribution is -2.30. The quantitative estimate of drug-likeness (QED) is 0.494. The number of ketones is 1. The standard InChI is InChI=1S/C20H18BrNO4/c21-16-7-5-15(6-8-16)19(23)9-10-20(24)22(13-17-3-1-11-25-17)14-18-4-2-12-26-18/h1-8,11-12H,9-10,13-14H2. The molecule has 0 aliphatic heterocycles. The van der Waals surface area contributed by atoms with E-state index in [-0.39, 0.29) is 24.5 Å². The summed E-state index contributed by atoms with van der Waals surface area (Å²) in [5, 5.41) is 0. The Labute approximate surface area is 159 Å². The summed E-state index contributed by atoms with van der Waals surface area (Å²) in [5.41, 5.74) is 0.601. The number of hydrogen-bond donors (Lipinski definition) is 0. The molecule has 2 heterocycles. The lowest BCUT2D eigenvalue weighted by molar-refractivity contribution is -0.133. The number of carbonyl (C=O) groups is 2. The van der Waals surface area contributed by atoms with Gasteiger partial charge in [0.1, 0.15) is 11.5 Å². The fourth-order valence-corrected chi connectivity index (χ4v) is 2.84. The molecule has 0 unspecified atom stereocenters. The van der Waals surface area contributed by atoms with Gasteiger partial charge < -0.3 is 13.7 Å². The van der Waals surface area contributed by atoms with Crippen molar-refractivity contribution in [3.05, 3.63) is 82.6 Å². The Morgan fingerprint density at radius 3 is 1.92 bits per heavy atom. The number of nitrogens with zero attached hydrogens (tertiary/aromatic N) is 1. The molecule has 6 heteroatoms. The number of carbonyl (C=O) groups excluding carboxylic acids is 2. The summed E-state index contributed by atoms with van der Waals surface area (Å²) in [7, 11) is 0. The summed E-state index contributed by atoms with van der Waals surface area (Å²) in [4.78, 5) is 26.6. The third-order valence-corrected chi connectivity index (χ3v) is 4.47. The zero-order valence-electron chi connectivity index (χ0n) is 14.1. The van der Waals surface area contributed by atoms with Gasteiger partial charge in [-0.25, -0.2) is 0 Å². The highest BCUT2D eigenvalue weighted by Crippen LogP contribution is 2.16. The van der Waals surface area contributed by atoms with Crippen LogP contribution < -0.4 is 0 Å². The minimum Gasteiger partial charge on any atom is -0.467 e.